The molecule has 0 heterocycles. The smallest absolute Gasteiger partial charge is 0.132 e. The molecule has 2 nitrogen and oxygen atoms in total. The summed E-state index contributed by atoms with van der Waals surface area (Å²) < 4.78 is 19.2. The minimum atomic E-state index is -0.272. The Labute approximate surface area is 112 Å². The van der Waals surface area contributed by atoms with E-state index in [1.165, 1.54) is 6.07 Å². The van der Waals surface area contributed by atoms with Gasteiger partial charge in [0.05, 0.1) is 18.9 Å². The lowest BCUT2D eigenvalue weighted by molar-refractivity contribution is 0.158. The monoisotopic (exact) mass is 257 g/mol. The van der Waals surface area contributed by atoms with Crippen LogP contribution in [0.4, 0.5) is 4.39 Å². The summed E-state index contributed by atoms with van der Waals surface area (Å²) in [5.41, 5.74) is 2.21. The van der Waals surface area contributed by atoms with Crippen LogP contribution in [0.15, 0.2) is 59.6 Å². The molecule has 0 unspecified atom stereocenters. The summed E-state index contributed by atoms with van der Waals surface area (Å²) >= 11 is 0. The molecule has 0 amide bonds. The first-order chi connectivity index (χ1) is 9.31. The molecular weight excluding hydrogens is 241 g/mol. The van der Waals surface area contributed by atoms with E-state index in [0.717, 1.165) is 5.56 Å². The molecule has 0 aliphatic heterocycles. The van der Waals surface area contributed by atoms with Gasteiger partial charge in [-0.25, -0.2) is 4.39 Å². The largest absolute Gasteiger partial charge is 0.370 e. The van der Waals surface area contributed by atoms with Gasteiger partial charge in [0.1, 0.15) is 5.82 Å². The minimum absolute atomic E-state index is 0.272. The molecule has 0 fully saturated rings. The zero-order valence-corrected chi connectivity index (χ0v) is 10.8. The highest BCUT2D eigenvalue weighted by Gasteiger charge is 2.08. The summed E-state index contributed by atoms with van der Waals surface area (Å²) in [4.78, 5) is 4.10. The predicted octanol–water partition coefficient (Wildman–Crippen LogP) is 3.46. The number of rotatable bonds is 5. The van der Waals surface area contributed by atoms with E-state index in [2.05, 4.69) is 4.99 Å². The molecule has 0 saturated heterocycles. The van der Waals surface area contributed by atoms with E-state index >= 15 is 0 Å². The molecule has 19 heavy (non-hydrogen) atoms. The molecule has 2 aromatic rings. The number of ether oxygens (including phenoxy) is 1. The lowest BCUT2D eigenvalue weighted by Gasteiger charge is -2.08. The van der Waals surface area contributed by atoms with E-state index in [9.17, 15) is 4.39 Å². The van der Waals surface area contributed by atoms with Gasteiger partial charge in [-0.15, -0.1) is 0 Å². The zero-order chi connectivity index (χ0) is 13.5. The fraction of sp³-hybridized carbons (Fsp3) is 0.188. The molecule has 2 rings (SSSR count). The zero-order valence-electron chi connectivity index (χ0n) is 10.8. The lowest BCUT2D eigenvalue weighted by Crippen LogP contribution is -2.12. The van der Waals surface area contributed by atoms with Crippen LogP contribution in [0.1, 0.15) is 11.1 Å². The molecule has 0 aliphatic carbocycles. The molecule has 0 bridgehead atoms. The van der Waals surface area contributed by atoms with Crippen molar-refractivity contribution in [2.24, 2.45) is 4.99 Å². The summed E-state index contributed by atoms with van der Waals surface area (Å²) in [6.07, 6.45) is 0. The topological polar surface area (TPSA) is 21.6 Å². The van der Waals surface area contributed by atoms with E-state index in [1.54, 1.807) is 25.2 Å². The molecule has 0 aromatic heterocycles. The Morgan fingerprint density at radius 2 is 1.74 bits per heavy atom. The summed E-state index contributed by atoms with van der Waals surface area (Å²) in [5, 5.41) is 0. The summed E-state index contributed by atoms with van der Waals surface area (Å²) in [5.74, 6) is -0.272. The normalized spacial score (nSPS) is 11.6. The molecule has 0 N–H and O–H groups in total. The molecule has 0 saturated carbocycles. The van der Waals surface area contributed by atoms with Crippen molar-refractivity contribution < 1.29 is 9.13 Å². The molecule has 3 heteroatoms. The molecule has 0 radical (unpaired) electrons. The highest BCUT2D eigenvalue weighted by Crippen LogP contribution is 2.09. The van der Waals surface area contributed by atoms with Gasteiger partial charge in [0.2, 0.25) is 0 Å². The van der Waals surface area contributed by atoms with Crippen LogP contribution in [-0.4, -0.2) is 19.4 Å². The minimum Gasteiger partial charge on any atom is -0.370 e. The average Bonchev–Trinajstić information content (AvgIpc) is 2.46. The number of hydrogen-bond donors (Lipinski definition) is 0. The Balaban J connectivity index is 1.96. The van der Waals surface area contributed by atoms with Gasteiger partial charge in [0.15, 0.2) is 0 Å². The Morgan fingerprint density at radius 3 is 2.42 bits per heavy atom. The third-order valence-electron chi connectivity index (χ3n) is 2.81. The molecule has 0 aliphatic rings. The summed E-state index contributed by atoms with van der Waals surface area (Å²) in [6.45, 7) is 0.792. The Kier molecular flexibility index (Phi) is 4.81. The Bertz CT molecular complexity index is 552. The molecular formula is C16H16FNO. The van der Waals surface area contributed by atoms with Gasteiger partial charge in [-0.2, -0.15) is 0 Å². The SMILES string of the molecule is C/N=C(\COCc1ccccc1)c1ccccc1F. The fourth-order valence-electron chi connectivity index (χ4n) is 1.80. The molecule has 2 aromatic carbocycles. The highest BCUT2D eigenvalue weighted by molar-refractivity contribution is 6.01. The second kappa shape index (κ2) is 6.81. The fourth-order valence-corrected chi connectivity index (χ4v) is 1.80. The number of hydrogen-bond acceptors (Lipinski definition) is 2. The van der Waals surface area contributed by atoms with E-state index in [-0.39, 0.29) is 5.82 Å². The predicted molar refractivity (Wildman–Crippen MR) is 75.0 cm³/mol. The van der Waals surface area contributed by atoms with Crippen LogP contribution in [0, 0.1) is 5.82 Å². The van der Waals surface area contributed by atoms with Crippen LogP contribution in [0.5, 0.6) is 0 Å². The number of nitrogens with zero attached hydrogens (tertiary/aromatic N) is 1. The van der Waals surface area contributed by atoms with Gasteiger partial charge in [-0.05, 0) is 11.6 Å². The van der Waals surface area contributed by atoms with E-state index in [1.807, 2.05) is 30.3 Å². The second-order valence-corrected chi connectivity index (χ2v) is 4.13. The van der Waals surface area contributed by atoms with Gasteiger partial charge in [-0.3, -0.25) is 4.99 Å². The maximum Gasteiger partial charge on any atom is 0.132 e. The maximum absolute atomic E-state index is 13.6. The van der Waals surface area contributed by atoms with Gasteiger partial charge >= 0.3 is 0 Å². The van der Waals surface area contributed by atoms with Crippen LogP contribution in [-0.2, 0) is 11.3 Å². The van der Waals surface area contributed by atoms with Crippen molar-refractivity contribution >= 4 is 5.71 Å². The van der Waals surface area contributed by atoms with Crippen molar-refractivity contribution in [1.82, 2.24) is 0 Å². The summed E-state index contributed by atoms with van der Waals surface area (Å²) in [6, 6.07) is 16.5. The van der Waals surface area contributed by atoms with Crippen molar-refractivity contribution in [2.45, 2.75) is 6.61 Å². The van der Waals surface area contributed by atoms with Crippen LogP contribution >= 0.6 is 0 Å². The van der Waals surface area contributed by atoms with Gasteiger partial charge in [0.25, 0.3) is 0 Å². The number of aliphatic imine (C=N–C) groups is 1. The first-order valence-electron chi connectivity index (χ1n) is 6.13. The van der Waals surface area contributed by atoms with Crippen molar-refractivity contribution in [3.05, 3.63) is 71.5 Å². The van der Waals surface area contributed by atoms with E-state index < -0.39 is 0 Å². The molecule has 98 valence electrons. The van der Waals surface area contributed by atoms with Crippen LogP contribution in [0.25, 0.3) is 0 Å². The van der Waals surface area contributed by atoms with Crippen LogP contribution < -0.4 is 0 Å². The van der Waals surface area contributed by atoms with Crippen molar-refractivity contribution in [2.75, 3.05) is 13.7 Å². The third-order valence-corrected chi connectivity index (χ3v) is 2.81. The first-order valence-corrected chi connectivity index (χ1v) is 6.13. The van der Waals surface area contributed by atoms with Crippen LogP contribution in [0.3, 0.4) is 0 Å². The van der Waals surface area contributed by atoms with Crippen molar-refractivity contribution in [1.29, 1.82) is 0 Å². The van der Waals surface area contributed by atoms with E-state index in [0.29, 0.717) is 24.5 Å². The van der Waals surface area contributed by atoms with Crippen LogP contribution in [0.2, 0.25) is 0 Å². The van der Waals surface area contributed by atoms with E-state index in [4.69, 9.17) is 4.74 Å². The Morgan fingerprint density at radius 1 is 1.05 bits per heavy atom. The standard InChI is InChI=1S/C16H16FNO/c1-18-16(14-9-5-6-10-15(14)17)12-19-11-13-7-3-2-4-8-13/h2-10H,11-12H2,1H3/b18-16+. The number of halogens is 1. The first kappa shape index (κ1) is 13.4. The van der Waals surface area contributed by atoms with Gasteiger partial charge in [0, 0.05) is 12.6 Å². The average molecular weight is 257 g/mol. The van der Waals surface area contributed by atoms with Gasteiger partial charge in [-0.1, -0.05) is 48.5 Å². The number of benzene rings is 2. The Hall–Kier alpha value is -2.00. The highest BCUT2D eigenvalue weighted by atomic mass is 19.1. The molecule has 0 spiro atoms. The lowest BCUT2D eigenvalue weighted by atomic mass is 10.1. The van der Waals surface area contributed by atoms with Crippen molar-refractivity contribution in [3.8, 4) is 0 Å². The third kappa shape index (κ3) is 3.73. The summed E-state index contributed by atoms with van der Waals surface area (Å²) in [7, 11) is 1.65. The van der Waals surface area contributed by atoms with Crippen molar-refractivity contribution in [3.63, 3.8) is 0 Å². The van der Waals surface area contributed by atoms with Gasteiger partial charge < -0.3 is 4.74 Å². The second-order valence-electron chi connectivity index (χ2n) is 4.13. The molecule has 0 atom stereocenters. The quantitative estimate of drug-likeness (QED) is 0.752. The maximum atomic E-state index is 13.6.